The monoisotopic (exact) mass is 405 g/mol. The standard InChI is InChI=1S/C27H35NO2/c1-18(29)30-22-11-13-26(2)20(17-22)7-9-23-24-10-8-19(16-21-6-4-5-15-28-21)27(24,3)14-12-25(23)26/h4-7,15-16,22-25H,8-14,17H2,1-3H3/t22-,23-,24-,25-,26-,27+/m0/s1. The lowest BCUT2D eigenvalue weighted by Crippen LogP contribution is -2.49. The Morgan fingerprint density at radius 1 is 1.13 bits per heavy atom. The first kappa shape index (κ1) is 20.0. The molecule has 1 aromatic rings. The predicted molar refractivity (Wildman–Crippen MR) is 119 cm³/mol. The van der Waals surface area contributed by atoms with E-state index in [1.54, 1.807) is 11.1 Å². The maximum atomic E-state index is 11.5. The highest BCUT2D eigenvalue weighted by Crippen LogP contribution is 2.66. The summed E-state index contributed by atoms with van der Waals surface area (Å²) in [4.78, 5) is 16.0. The maximum absolute atomic E-state index is 11.5. The number of hydrogen-bond acceptors (Lipinski definition) is 3. The van der Waals surface area contributed by atoms with Crippen molar-refractivity contribution in [1.29, 1.82) is 0 Å². The van der Waals surface area contributed by atoms with Crippen molar-refractivity contribution in [2.24, 2.45) is 28.6 Å². The molecule has 0 radical (unpaired) electrons. The van der Waals surface area contributed by atoms with Gasteiger partial charge >= 0.3 is 5.97 Å². The zero-order chi connectivity index (χ0) is 20.9. The van der Waals surface area contributed by atoms with Gasteiger partial charge in [-0.2, -0.15) is 0 Å². The van der Waals surface area contributed by atoms with Crippen molar-refractivity contribution in [3.8, 4) is 0 Å². The number of carbonyl (C=O) groups excluding carboxylic acids is 1. The van der Waals surface area contributed by atoms with Gasteiger partial charge < -0.3 is 4.74 Å². The van der Waals surface area contributed by atoms with E-state index in [0.29, 0.717) is 10.8 Å². The first-order valence-corrected chi connectivity index (χ1v) is 11.9. The van der Waals surface area contributed by atoms with E-state index in [1.807, 2.05) is 12.3 Å². The Balaban J connectivity index is 1.40. The van der Waals surface area contributed by atoms with Crippen molar-refractivity contribution in [2.45, 2.75) is 78.2 Å². The summed E-state index contributed by atoms with van der Waals surface area (Å²) in [7, 11) is 0. The minimum Gasteiger partial charge on any atom is -0.462 e. The van der Waals surface area contributed by atoms with Crippen LogP contribution in [0.4, 0.5) is 0 Å². The van der Waals surface area contributed by atoms with E-state index in [-0.39, 0.29) is 12.1 Å². The topological polar surface area (TPSA) is 39.2 Å². The van der Waals surface area contributed by atoms with Crippen molar-refractivity contribution in [2.75, 3.05) is 0 Å². The van der Waals surface area contributed by atoms with Crippen molar-refractivity contribution in [3.05, 3.63) is 47.3 Å². The van der Waals surface area contributed by atoms with Crippen LogP contribution in [0.25, 0.3) is 6.08 Å². The molecule has 4 aliphatic rings. The smallest absolute Gasteiger partial charge is 0.302 e. The fraction of sp³-hybridized carbons (Fsp3) is 0.630. The molecule has 0 amide bonds. The van der Waals surface area contributed by atoms with Gasteiger partial charge in [-0.15, -0.1) is 0 Å². The number of aromatic nitrogens is 1. The van der Waals surface area contributed by atoms with Gasteiger partial charge in [0, 0.05) is 19.5 Å². The van der Waals surface area contributed by atoms with E-state index in [0.717, 1.165) is 42.7 Å². The van der Waals surface area contributed by atoms with Gasteiger partial charge in [-0.05, 0) is 91.7 Å². The molecule has 0 bridgehead atoms. The Kier molecular flexibility index (Phi) is 4.91. The molecular formula is C27H35NO2. The lowest BCUT2D eigenvalue weighted by Gasteiger charge is -2.57. The van der Waals surface area contributed by atoms with E-state index in [2.05, 4.69) is 43.1 Å². The van der Waals surface area contributed by atoms with E-state index >= 15 is 0 Å². The van der Waals surface area contributed by atoms with Gasteiger partial charge in [-0.25, -0.2) is 0 Å². The average molecular weight is 406 g/mol. The molecule has 1 heterocycles. The van der Waals surface area contributed by atoms with E-state index in [4.69, 9.17) is 4.74 Å². The molecular weight excluding hydrogens is 370 g/mol. The SMILES string of the molecule is CC(=O)O[C@H]1CC[C@@]2(C)C(=CC[C@@H]3[C@@H]2CC[C@]2(C)C(=Cc4ccccn4)CC[C@@H]32)C1. The molecule has 160 valence electrons. The number of ether oxygens (including phenoxy) is 1. The summed E-state index contributed by atoms with van der Waals surface area (Å²) in [6, 6.07) is 6.22. The first-order valence-electron chi connectivity index (χ1n) is 11.9. The molecule has 30 heavy (non-hydrogen) atoms. The summed E-state index contributed by atoms with van der Waals surface area (Å²) in [5.41, 5.74) is 4.94. The number of pyridine rings is 1. The normalized spacial score (nSPS) is 41.4. The highest BCUT2D eigenvalue weighted by atomic mass is 16.5. The van der Waals surface area contributed by atoms with Gasteiger partial charge in [0.1, 0.15) is 6.10 Å². The third-order valence-electron chi connectivity index (χ3n) is 9.25. The molecule has 3 heteroatoms. The molecule has 0 saturated heterocycles. The third kappa shape index (κ3) is 3.16. The van der Waals surface area contributed by atoms with Crippen LogP contribution < -0.4 is 0 Å². The van der Waals surface area contributed by atoms with E-state index < -0.39 is 0 Å². The first-order chi connectivity index (χ1) is 14.4. The van der Waals surface area contributed by atoms with Crippen LogP contribution in [-0.2, 0) is 9.53 Å². The van der Waals surface area contributed by atoms with E-state index in [9.17, 15) is 4.79 Å². The Morgan fingerprint density at radius 3 is 2.70 bits per heavy atom. The zero-order valence-corrected chi connectivity index (χ0v) is 18.7. The number of esters is 1. The summed E-state index contributed by atoms with van der Waals surface area (Å²) in [5, 5.41) is 0. The third-order valence-corrected chi connectivity index (χ3v) is 9.25. The maximum Gasteiger partial charge on any atom is 0.302 e. The molecule has 1 aromatic heterocycles. The molecule has 0 aromatic carbocycles. The molecule has 3 saturated carbocycles. The molecule has 5 rings (SSSR count). The number of fused-ring (bicyclic) bond motifs is 5. The van der Waals surface area contributed by atoms with Gasteiger partial charge in [-0.1, -0.05) is 37.1 Å². The van der Waals surface area contributed by atoms with Crippen molar-refractivity contribution in [3.63, 3.8) is 0 Å². The van der Waals surface area contributed by atoms with Crippen LogP contribution in [0, 0.1) is 28.6 Å². The predicted octanol–water partition coefficient (Wildman–Crippen LogP) is 6.36. The fourth-order valence-electron chi connectivity index (χ4n) is 7.69. The van der Waals surface area contributed by atoms with Crippen LogP contribution in [0.2, 0.25) is 0 Å². The second-order valence-corrected chi connectivity index (χ2v) is 10.7. The summed E-state index contributed by atoms with van der Waals surface area (Å²) >= 11 is 0. The van der Waals surface area contributed by atoms with Gasteiger partial charge in [0.25, 0.3) is 0 Å². The largest absolute Gasteiger partial charge is 0.462 e. The summed E-state index contributed by atoms with van der Waals surface area (Å²) < 4.78 is 5.58. The minimum absolute atomic E-state index is 0.0895. The Morgan fingerprint density at radius 2 is 1.93 bits per heavy atom. The fourth-order valence-corrected chi connectivity index (χ4v) is 7.69. The van der Waals surface area contributed by atoms with Crippen LogP contribution in [-0.4, -0.2) is 17.1 Å². The lowest BCUT2D eigenvalue weighted by atomic mass is 9.48. The molecule has 4 aliphatic carbocycles. The molecule has 3 fully saturated rings. The van der Waals surface area contributed by atoms with Gasteiger partial charge in [0.2, 0.25) is 0 Å². The van der Waals surface area contributed by atoms with E-state index in [1.165, 1.54) is 39.0 Å². The molecule has 3 nitrogen and oxygen atoms in total. The molecule has 0 unspecified atom stereocenters. The zero-order valence-electron chi connectivity index (χ0n) is 18.7. The van der Waals surface area contributed by atoms with Crippen LogP contribution in [0.15, 0.2) is 41.6 Å². The number of carbonyl (C=O) groups is 1. The lowest BCUT2D eigenvalue weighted by molar-refractivity contribution is -0.148. The molecule has 0 N–H and O–H groups in total. The number of rotatable bonds is 2. The van der Waals surface area contributed by atoms with Crippen LogP contribution in [0.5, 0.6) is 0 Å². The van der Waals surface area contributed by atoms with Crippen LogP contribution in [0.1, 0.15) is 77.8 Å². The summed E-state index contributed by atoms with van der Waals surface area (Å²) in [6.07, 6.45) is 16.4. The van der Waals surface area contributed by atoms with Gasteiger partial charge in [0.05, 0.1) is 5.69 Å². The van der Waals surface area contributed by atoms with Crippen LogP contribution >= 0.6 is 0 Å². The van der Waals surface area contributed by atoms with Crippen molar-refractivity contribution in [1.82, 2.24) is 4.98 Å². The van der Waals surface area contributed by atoms with Gasteiger partial charge in [0.15, 0.2) is 0 Å². The quantitative estimate of drug-likeness (QED) is 0.424. The van der Waals surface area contributed by atoms with Crippen LogP contribution in [0.3, 0.4) is 0 Å². The minimum atomic E-state index is -0.135. The molecule has 0 aliphatic heterocycles. The number of hydrogen-bond donors (Lipinski definition) is 0. The molecule has 6 atom stereocenters. The highest BCUT2D eigenvalue weighted by molar-refractivity contribution is 5.66. The highest BCUT2D eigenvalue weighted by Gasteiger charge is 2.57. The second kappa shape index (κ2) is 7.35. The average Bonchev–Trinajstić information content (AvgIpc) is 3.05. The Labute approximate surface area is 181 Å². The Hall–Kier alpha value is -1.90. The Bertz CT molecular complexity index is 887. The number of allylic oxidation sites excluding steroid dienone is 2. The molecule has 0 spiro atoms. The number of nitrogens with zero attached hydrogens (tertiary/aromatic N) is 1. The van der Waals surface area contributed by atoms with Crippen molar-refractivity contribution >= 4 is 12.0 Å². The summed E-state index contributed by atoms with van der Waals surface area (Å²) in [5.74, 6) is 2.22. The van der Waals surface area contributed by atoms with Crippen molar-refractivity contribution < 1.29 is 9.53 Å². The summed E-state index contributed by atoms with van der Waals surface area (Å²) in [6.45, 7) is 6.59. The second-order valence-electron chi connectivity index (χ2n) is 10.7. The van der Waals surface area contributed by atoms with Gasteiger partial charge in [-0.3, -0.25) is 9.78 Å².